The lowest BCUT2D eigenvalue weighted by Crippen LogP contribution is -2.21. The third-order valence-corrected chi connectivity index (χ3v) is 6.05. The number of benzene rings is 2. The summed E-state index contributed by atoms with van der Waals surface area (Å²) in [7, 11) is 0. The van der Waals surface area contributed by atoms with Gasteiger partial charge >= 0.3 is 0 Å². The second kappa shape index (κ2) is 7.65. The van der Waals surface area contributed by atoms with Crippen LogP contribution in [-0.2, 0) is 6.42 Å². The van der Waals surface area contributed by atoms with Crippen molar-refractivity contribution in [2.75, 3.05) is 0 Å². The molecule has 2 N–H and O–H groups in total. The Kier molecular flexibility index (Phi) is 5.50. The van der Waals surface area contributed by atoms with Crippen molar-refractivity contribution in [3.8, 4) is 11.1 Å². The second-order valence-corrected chi connectivity index (χ2v) is 8.74. The van der Waals surface area contributed by atoms with Gasteiger partial charge < -0.3 is 5.73 Å². The van der Waals surface area contributed by atoms with Crippen LogP contribution < -0.4 is 5.73 Å². The summed E-state index contributed by atoms with van der Waals surface area (Å²) >= 11 is 0. The Morgan fingerprint density at radius 2 is 1.85 bits per heavy atom. The Morgan fingerprint density at radius 3 is 2.50 bits per heavy atom. The van der Waals surface area contributed by atoms with Gasteiger partial charge in [0.25, 0.3) is 0 Å². The number of hydrogen-bond acceptors (Lipinski definition) is 1. The molecule has 2 aromatic carbocycles. The molecular formula is C24H31NO. The molecule has 0 aromatic heterocycles. The third-order valence-electron chi connectivity index (χ3n) is 6.05. The average molecular weight is 350 g/mol. The van der Waals surface area contributed by atoms with E-state index in [9.17, 15) is 4.79 Å². The average Bonchev–Trinajstić information content (AvgIpc) is 2.61. The predicted molar refractivity (Wildman–Crippen MR) is 109 cm³/mol. The van der Waals surface area contributed by atoms with E-state index in [4.69, 9.17) is 5.73 Å². The normalized spacial score (nSPS) is 17.2. The summed E-state index contributed by atoms with van der Waals surface area (Å²) in [6.07, 6.45) is 7.95. The van der Waals surface area contributed by atoms with E-state index in [1.807, 2.05) is 18.2 Å². The van der Waals surface area contributed by atoms with E-state index < -0.39 is 0 Å². The Balaban J connectivity index is 1.66. The molecule has 0 aliphatic heterocycles. The largest absolute Gasteiger partial charge is 0.366 e. The SMILES string of the molecule is Cc1cc(CCC2CCC(C)(C)CC2)ccc1-c1cccc(C(N)=O)c1. The molecule has 1 aliphatic carbocycles. The van der Waals surface area contributed by atoms with Crippen molar-refractivity contribution < 1.29 is 4.79 Å². The standard InChI is InChI=1S/C24H31NO/c1-17-15-19(8-7-18-11-13-24(2,3)14-12-18)9-10-22(17)20-5-4-6-21(16-20)23(25)26/h4-6,9-10,15-16,18H,7-8,11-14H2,1-3H3,(H2,25,26). The van der Waals surface area contributed by atoms with Crippen LogP contribution in [0.25, 0.3) is 11.1 Å². The van der Waals surface area contributed by atoms with Gasteiger partial charge in [0.1, 0.15) is 0 Å². The van der Waals surface area contributed by atoms with Crippen molar-refractivity contribution >= 4 is 5.91 Å². The lowest BCUT2D eigenvalue weighted by atomic mass is 9.72. The highest BCUT2D eigenvalue weighted by molar-refractivity contribution is 5.94. The Bertz CT molecular complexity index is 781. The zero-order chi connectivity index (χ0) is 18.7. The molecule has 2 aromatic rings. The highest BCUT2D eigenvalue weighted by atomic mass is 16.1. The first kappa shape index (κ1) is 18.7. The van der Waals surface area contributed by atoms with Gasteiger partial charge in [-0.3, -0.25) is 4.79 Å². The molecule has 0 unspecified atom stereocenters. The van der Waals surface area contributed by atoms with E-state index in [0.717, 1.165) is 17.9 Å². The molecule has 1 aliphatic rings. The van der Waals surface area contributed by atoms with Crippen molar-refractivity contribution in [3.63, 3.8) is 0 Å². The van der Waals surface area contributed by atoms with Gasteiger partial charge in [-0.25, -0.2) is 0 Å². The molecule has 0 saturated heterocycles. The Labute approximate surface area is 157 Å². The molecular weight excluding hydrogens is 318 g/mol. The van der Waals surface area contributed by atoms with Crippen LogP contribution in [0.2, 0.25) is 0 Å². The molecule has 0 spiro atoms. The topological polar surface area (TPSA) is 43.1 Å². The maximum atomic E-state index is 11.4. The minimum atomic E-state index is -0.378. The fourth-order valence-electron chi connectivity index (χ4n) is 4.16. The van der Waals surface area contributed by atoms with Gasteiger partial charge in [-0.2, -0.15) is 0 Å². The molecule has 2 nitrogen and oxygen atoms in total. The minimum absolute atomic E-state index is 0.378. The second-order valence-electron chi connectivity index (χ2n) is 8.74. The van der Waals surface area contributed by atoms with Gasteiger partial charge in [0.15, 0.2) is 0 Å². The summed E-state index contributed by atoms with van der Waals surface area (Å²) in [6, 6.07) is 14.3. The van der Waals surface area contributed by atoms with Crippen LogP contribution in [0.5, 0.6) is 0 Å². The van der Waals surface area contributed by atoms with Crippen LogP contribution in [0, 0.1) is 18.3 Å². The summed E-state index contributed by atoms with van der Waals surface area (Å²) < 4.78 is 0. The summed E-state index contributed by atoms with van der Waals surface area (Å²) in [4.78, 5) is 11.4. The predicted octanol–water partition coefficient (Wildman–Crippen LogP) is 5.91. The van der Waals surface area contributed by atoms with E-state index in [1.165, 1.54) is 48.8 Å². The van der Waals surface area contributed by atoms with Crippen molar-refractivity contribution in [2.45, 2.75) is 59.3 Å². The van der Waals surface area contributed by atoms with Gasteiger partial charge in [0, 0.05) is 5.56 Å². The number of aryl methyl sites for hydroxylation is 2. The summed E-state index contributed by atoms with van der Waals surface area (Å²) in [6.45, 7) is 6.95. The number of hydrogen-bond donors (Lipinski definition) is 1. The molecule has 138 valence electrons. The van der Waals surface area contributed by atoms with Crippen LogP contribution >= 0.6 is 0 Å². The molecule has 1 fully saturated rings. The van der Waals surface area contributed by atoms with E-state index in [2.05, 4.69) is 39.0 Å². The molecule has 1 amide bonds. The van der Waals surface area contributed by atoms with Crippen LogP contribution in [0.4, 0.5) is 0 Å². The number of nitrogens with two attached hydrogens (primary N) is 1. The molecule has 2 heteroatoms. The zero-order valence-electron chi connectivity index (χ0n) is 16.3. The van der Waals surface area contributed by atoms with Gasteiger partial charge in [0.2, 0.25) is 5.91 Å². The summed E-state index contributed by atoms with van der Waals surface area (Å²) in [5, 5.41) is 0. The monoisotopic (exact) mass is 349 g/mol. The third kappa shape index (κ3) is 4.55. The van der Waals surface area contributed by atoms with E-state index in [0.29, 0.717) is 11.0 Å². The van der Waals surface area contributed by atoms with E-state index >= 15 is 0 Å². The Morgan fingerprint density at radius 1 is 1.12 bits per heavy atom. The molecule has 1 saturated carbocycles. The first-order valence-electron chi connectivity index (χ1n) is 9.84. The van der Waals surface area contributed by atoms with Crippen LogP contribution in [0.15, 0.2) is 42.5 Å². The fraction of sp³-hybridized carbons (Fsp3) is 0.458. The van der Waals surface area contributed by atoms with Gasteiger partial charge in [-0.05, 0) is 91.2 Å². The summed E-state index contributed by atoms with van der Waals surface area (Å²) in [5.41, 5.74) is 11.4. The molecule has 26 heavy (non-hydrogen) atoms. The molecule has 0 heterocycles. The lowest BCUT2D eigenvalue weighted by Gasteiger charge is -2.34. The van der Waals surface area contributed by atoms with E-state index in [-0.39, 0.29) is 5.91 Å². The molecule has 0 radical (unpaired) electrons. The van der Waals surface area contributed by atoms with Crippen LogP contribution in [-0.4, -0.2) is 5.91 Å². The number of rotatable bonds is 5. The summed E-state index contributed by atoms with van der Waals surface area (Å²) in [5.74, 6) is 0.507. The fourth-order valence-corrected chi connectivity index (χ4v) is 4.16. The van der Waals surface area contributed by atoms with Crippen molar-refractivity contribution in [1.29, 1.82) is 0 Å². The molecule has 0 atom stereocenters. The highest BCUT2D eigenvalue weighted by Crippen LogP contribution is 2.39. The quantitative estimate of drug-likeness (QED) is 0.716. The number of carbonyl (C=O) groups is 1. The van der Waals surface area contributed by atoms with Crippen molar-refractivity contribution in [3.05, 3.63) is 59.2 Å². The Hall–Kier alpha value is -2.09. The zero-order valence-corrected chi connectivity index (χ0v) is 16.3. The molecule has 3 rings (SSSR count). The maximum absolute atomic E-state index is 11.4. The smallest absolute Gasteiger partial charge is 0.248 e. The van der Waals surface area contributed by atoms with Crippen LogP contribution in [0.1, 0.15) is 67.4 Å². The van der Waals surface area contributed by atoms with Gasteiger partial charge in [-0.15, -0.1) is 0 Å². The number of carbonyl (C=O) groups excluding carboxylic acids is 1. The minimum Gasteiger partial charge on any atom is -0.366 e. The first-order valence-corrected chi connectivity index (χ1v) is 9.84. The number of amides is 1. The van der Waals surface area contributed by atoms with Crippen LogP contribution in [0.3, 0.4) is 0 Å². The van der Waals surface area contributed by atoms with Gasteiger partial charge in [-0.1, -0.05) is 44.2 Å². The van der Waals surface area contributed by atoms with Crippen molar-refractivity contribution in [2.24, 2.45) is 17.1 Å². The highest BCUT2D eigenvalue weighted by Gasteiger charge is 2.26. The molecule has 0 bridgehead atoms. The van der Waals surface area contributed by atoms with Gasteiger partial charge in [0.05, 0.1) is 0 Å². The number of primary amides is 1. The van der Waals surface area contributed by atoms with Crippen molar-refractivity contribution in [1.82, 2.24) is 0 Å². The lowest BCUT2D eigenvalue weighted by molar-refractivity contribution is 0.100. The first-order chi connectivity index (χ1) is 12.3. The van der Waals surface area contributed by atoms with E-state index in [1.54, 1.807) is 6.07 Å². The maximum Gasteiger partial charge on any atom is 0.248 e.